The highest BCUT2D eigenvalue weighted by Crippen LogP contribution is 2.57. The Labute approximate surface area is 244 Å². The molecule has 2 nitrogen and oxygen atoms in total. The lowest BCUT2D eigenvalue weighted by molar-refractivity contribution is 0.769. The molecule has 2 heterocycles. The second kappa shape index (κ2) is 8.76. The lowest BCUT2D eigenvalue weighted by Crippen LogP contribution is -2.28. The minimum Gasteiger partial charge on any atom is -0.307 e. The highest BCUT2D eigenvalue weighted by molar-refractivity contribution is 6.11. The van der Waals surface area contributed by atoms with Crippen molar-refractivity contribution in [2.45, 2.75) is 5.41 Å². The van der Waals surface area contributed by atoms with Gasteiger partial charge in [-0.25, -0.2) is 0 Å². The van der Waals surface area contributed by atoms with Gasteiger partial charge in [-0.1, -0.05) is 121 Å². The molecule has 0 amide bonds. The Morgan fingerprint density at radius 1 is 0.476 bits per heavy atom. The second-order valence-electron chi connectivity index (χ2n) is 11.1. The average Bonchev–Trinajstić information content (AvgIpc) is 3.54. The molecule has 0 saturated heterocycles. The molecule has 0 aliphatic heterocycles. The van der Waals surface area contributed by atoms with Crippen LogP contribution in [0.1, 0.15) is 22.3 Å². The molecule has 0 saturated carbocycles. The molecule has 9 rings (SSSR count). The first-order valence-electron chi connectivity index (χ1n) is 14.5. The Morgan fingerprint density at radius 2 is 1.17 bits per heavy atom. The summed E-state index contributed by atoms with van der Waals surface area (Å²) < 4.78 is 2.41. The van der Waals surface area contributed by atoms with Gasteiger partial charge in [0.05, 0.1) is 27.7 Å². The number of aromatic nitrogens is 2. The van der Waals surface area contributed by atoms with Gasteiger partial charge in [0.15, 0.2) is 0 Å². The van der Waals surface area contributed by atoms with E-state index in [1.807, 2.05) is 12.3 Å². The van der Waals surface area contributed by atoms with Crippen molar-refractivity contribution in [3.63, 3.8) is 0 Å². The quantitative estimate of drug-likeness (QED) is 0.221. The van der Waals surface area contributed by atoms with Gasteiger partial charge in [-0.15, -0.1) is 0 Å². The van der Waals surface area contributed by atoms with Crippen LogP contribution in [-0.2, 0) is 5.41 Å². The van der Waals surface area contributed by atoms with Crippen LogP contribution in [0.5, 0.6) is 0 Å². The molecule has 2 aromatic heterocycles. The molecule has 2 heteroatoms. The predicted molar refractivity (Wildman–Crippen MR) is 173 cm³/mol. The third-order valence-electron chi connectivity index (χ3n) is 9.11. The highest BCUT2D eigenvalue weighted by Gasteiger charge is 2.46. The molecule has 196 valence electrons. The summed E-state index contributed by atoms with van der Waals surface area (Å²) in [6, 6.07) is 55.2. The number of benzene rings is 6. The first-order chi connectivity index (χ1) is 20.9. The fourth-order valence-electron chi connectivity index (χ4n) is 7.43. The van der Waals surface area contributed by atoms with Crippen molar-refractivity contribution in [1.82, 2.24) is 9.55 Å². The molecule has 1 aliphatic rings. The van der Waals surface area contributed by atoms with Crippen molar-refractivity contribution in [2.24, 2.45) is 0 Å². The molecule has 0 N–H and O–H groups in total. The summed E-state index contributed by atoms with van der Waals surface area (Å²) in [5.41, 5.74) is 11.8. The molecule has 0 unspecified atom stereocenters. The second-order valence-corrected chi connectivity index (χ2v) is 11.1. The van der Waals surface area contributed by atoms with Crippen LogP contribution >= 0.6 is 0 Å². The summed E-state index contributed by atoms with van der Waals surface area (Å²) in [5.74, 6) is 0. The maximum atomic E-state index is 4.98. The maximum Gasteiger partial charge on any atom is 0.0963 e. The summed E-state index contributed by atoms with van der Waals surface area (Å²) in [7, 11) is 0. The van der Waals surface area contributed by atoms with Crippen LogP contribution in [0.15, 0.2) is 158 Å². The van der Waals surface area contributed by atoms with Crippen molar-refractivity contribution < 1.29 is 0 Å². The van der Waals surface area contributed by atoms with Crippen molar-refractivity contribution in [2.75, 3.05) is 0 Å². The highest BCUT2D eigenvalue weighted by atomic mass is 15.0. The number of hydrogen-bond acceptors (Lipinski definition) is 1. The van der Waals surface area contributed by atoms with Gasteiger partial charge in [0.1, 0.15) is 0 Å². The zero-order valence-corrected chi connectivity index (χ0v) is 22.9. The molecular weight excluding hydrogens is 508 g/mol. The zero-order valence-electron chi connectivity index (χ0n) is 22.9. The number of hydrogen-bond donors (Lipinski definition) is 0. The molecule has 6 aromatic carbocycles. The summed E-state index contributed by atoms with van der Waals surface area (Å²) in [4.78, 5) is 4.98. The van der Waals surface area contributed by atoms with Crippen LogP contribution < -0.4 is 0 Å². The Bertz CT molecular complexity index is 2250. The van der Waals surface area contributed by atoms with E-state index in [2.05, 4.69) is 150 Å². The number of nitrogens with zero attached hydrogens (tertiary/aromatic N) is 2. The first-order valence-corrected chi connectivity index (χ1v) is 14.5. The van der Waals surface area contributed by atoms with Crippen LogP contribution in [0, 0.1) is 0 Å². The van der Waals surface area contributed by atoms with Crippen LogP contribution in [-0.4, -0.2) is 9.55 Å². The fourth-order valence-corrected chi connectivity index (χ4v) is 7.43. The van der Waals surface area contributed by atoms with Crippen molar-refractivity contribution in [3.8, 4) is 16.8 Å². The monoisotopic (exact) mass is 534 g/mol. The van der Waals surface area contributed by atoms with E-state index in [1.165, 1.54) is 60.7 Å². The van der Waals surface area contributed by atoms with E-state index < -0.39 is 5.41 Å². The number of pyridine rings is 1. The van der Waals surface area contributed by atoms with Gasteiger partial charge in [0.25, 0.3) is 0 Å². The van der Waals surface area contributed by atoms with Gasteiger partial charge in [0.2, 0.25) is 0 Å². The third-order valence-corrected chi connectivity index (χ3v) is 9.11. The van der Waals surface area contributed by atoms with Gasteiger partial charge < -0.3 is 4.57 Å². The van der Waals surface area contributed by atoms with E-state index in [4.69, 9.17) is 4.98 Å². The Kier molecular flexibility index (Phi) is 4.85. The normalized spacial score (nSPS) is 13.4. The van der Waals surface area contributed by atoms with Crippen molar-refractivity contribution in [3.05, 3.63) is 180 Å². The largest absolute Gasteiger partial charge is 0.307 e. The van der Waals surface area contributed by atoms with Crippen molar-refractivity contribution >= 4 is 32.7 Å². The lowest BCUT2D eigenvalue weighted by atomic mass is 9.67. The summed E-state index contributed by atoms with van der Waals surface area (Å²) in [6.45, 7) is 0. The molecule has 0 spiro atoms. The molecule has 0 fully saturated rings. The maximum absolute atomic E-state index is 4.98. The smallest absolute Gasteiger partial charge is 0.0963 e. The minimum absolute atomic E-state index is 0.439. The number of rotatable bonds is 3. The third kappa shape index (κ3) is 3.01. The van der Waals surface area contributed by atoms with E-state index in [9.17, 15) is 0 Å². The Balaban J connectivity index is 1.47. The Hall–Kier alpha value is -5.47. The van der Waals surface area contributed by atoms with Crippen LogP contribution in [0.2, 0.25) is 0 Å². The lowest BCUT2D eigenvalue weighted by Gasteiger charge is -2.33. The van der Waals surface area contributed by atoms with E-state index in [0.29, 0.717) is 0 Å². The van der Waals surface area contributed by atoms with Gasteiger partial charge in [0, 0.05) is 17.0 Å². The predicted octanol–water partition coefficient (Wildman–Crippen LogP) is 9.69. The topological polar surface area (TPSA) is 17.8 Å². The summed E-state index contributed by atoms with van der Waals surface area (Å²) in [5, 5.41) is 3.63. The average molecular weight is 535 g/mol. The SMILES string of the molecule is c1ccc(C2(c3ccccc3)c3ccccc3-c3cc4c(cc32)c2ncccc2n4-c2cccc3ccccc23)cc1. The molecule has 1 aliphatic carbocycles. The van der Waals surface area contributed by atoms with Gasteiger partial charge in [-0.3, -0.25) is 4.98 Å². The van der Waals surface area contributed by atoms with E-state index in [1.54, 1.807) is 0 Å². The van der Waals surface area contributed by atoms with Gasteiger partial charge in [-0.2, -0.15) is 0 Å². The van der Waals surface area contributed by atoms with Crippen LogP contribution in [0.25, 0.3) is 49.5 Å². The fraction of sp³-hybridized carbons (Fsp3) is 0.0250. The van der Waals surface area contributed by atoms with Gasteiger partial charge in [-0.05, 0) is 69.1 Å². The van der Waals surface area contributed by atoms with E-state index in [-0.39, 0.29) is 0 Å². The summed E-state index contributed by atoms with van der Waals surface area (Å²) >= 11 is 0. The Morgan fingerprint density at radius 3 is 1.98 bits per heavy atom. The van der Waals surface area contributed by atoms with Crippen LogP contribution in [0.3, 0.4) is 0 Å². The molecule has 8 aromatic rings. The van der Waals surface area contributed by atoms with E-state index >= 15 is 0 Å². The standard InChI is InChI=1S/C40H26N2/c1-3-15-28(16-4-1)40(29-17-5-2-6-18-29)34-21-10-9-20-31(34)32-26-38-33(25-35(32)40)39-37(23-12-24-41-39)42(38)36-22-11-14-27-13-7-8-19-30(27)36/h1-26H. The molecule has 0 radical (unpaired) electrons. The zero-order chi connectivity index (χ0) is 27.7. The van der Waals surface area contributed by atoms with E-state index in [0.717, 1.165) is 11.0 Å². The molecule has 42 heavy (non-hydrogen) atoms. The van der Waals surface area contributed by atoms with Crippen LogP contribution in [0.4, 0.5) is 0 Å². The minimum atomic E-state index is -0.439. The molecule has 0 bridgehead atoms. The van der Waals surface area contributed by atoms with Gasteiger partial charge >= 0.3 is 0 Å². The molecular formula is C40H26N2. The van der Waals surface area contributed by atoms with Crippen molar-refractivity contribution in [1.29, 1.82) is 0 Å². The first kappa shape index (κ1) is 23.3. The number of fused-ring (bicyclic) bond motifs is 7. The summed E-state index contributed by atoms with van der Waals surface area (Å²) in [6.07, 6.45) is 1.92. The molecule has 0 atom stereocenters.